The van der Waals surface area contributed by atoms with Gasteiger partial charge in [-0.25, -0.2) is 30.6 Å². The topological polar surface area (TPSA) is 127 Å². The van der Waals surface area contributed by atoms with Crippen molar-refractivity contribution in [1.82, 2.24) is 14.8 Å². The van der Waals surface area contributed by atoms with Crippen LogP contribution in [0.1, 0.15) is 25.0 Å². The highest BCUT2D eigenvalue weighted by Gasteiger charge is 2.38. The van der Waals surface area contributed by atoms with Gasteiger partial charge in [0.05, 0.1) is 27.4 Å². The minimum absolute atomic E-state index is 0.115. The summed E-state index contributed by atoms with van der Waals surface area (Å²) in [4.78, 5) is 8.44. The van der Waals surface area contributed by atoms with Gasteiger partial charge < -0.3 is 4.74 Å². The van der Waals surface area contributed by atoms with E-state index in [1.165, 1.54) is 31.2 Å². The molecule has 0 bridgehead atoms. The molecule has 0 saturated heterocycles. The molecule has 0 amide bonds. The van der Waals surface area contributed by atoms with E-state index in [1.807, 2.05) is 10.3 Å². The molecule has 3 aromatic rings. The summed E-state index contributed by atoms with van der Waals surface area (Å²) in [5.41, 5.74) is 0.339. The van der Waals surface area contributed by atoms with E-state index in [9.17, 15) is 38.8 Å². The number of benzene rings is 1. The van der Waals surface area contributed by atoms with Crippen molar-refractivity contribution >= 4 is 25.7 Å². The fourth-order valence-electron chi connectivity index (χ4n) is 3.09. The molecule has 0 atom stereocenters. The molecule has 9 nitrogen and oxygen atoms in total. The van der Waals surface area contributed by atoms with Crippen LogP contribution in [0.15, 0.2) is 58.5 Å². The number of hydrogen-bond acceptors (Lipinski definition) is 8. The van der Waals surface area contributed by atoms with Crippen molar-refractivity contribution in [2.45, 2.75) is 42.7 Å². The van der Waals surface area contributed by atoms with Gasteiger partial charge in [-0.2, -0.15) is 13.2 Å². The molecule has 2 aromatic heterocycles. The number of nitrogens with zero attached hydrogens (tertiary/aromatic N) is 2. The van der Waals surface area contributed by atoms with Gasteiger partial charge >= 0.3 is 6.18 Å². The van der Waals surface area contributed by atoms with E-state index in [0.717, 1.165) is 23.9 Å². The maximum Gasteiger partial charge on any atom is 0.420 e. The lowest BCUT2D eigenvalue weighted by Crippen LogP contribution is -2.31. The van der Waals surface area contributed by atoms with Gasteiger partial charge in [-0.1, -0.05) is 24.6 Å². The molecular formula is C23H23F5N4O5S2. The maximum atomic E-state index is 13.9. The fourth-order valence-corrected chi connectivity index (χ4v) is 4.99. The van der Waals surface area contributed by atoms with Gasteiger partial charge in [0, 0.05) is 6.92 Å². The molecule has 0 aliphatic rings. The van der Waals surface area contributed by atoms with Crippen LogP contribution in [0.4, 0.5) is 27.8 Å². The summed E-state index contributed by atoms with van der Waals surface area (Å²) in [6.07, 6.45) is -4.17. The number of pyridine rings is 2. The number of hydrazine groups is 1. The summed E-state index contributed by atoms with van der Waals surface area (Å²) in [5.74, 6) is -4.89. The van der Waals surface area contributed by atoms with E-state index < -0.39 is 66.3 Å². The summed E-state index contributed by atoms with van der Waals surface area (Å²) < 4.78 is 124. The first-order valence-electron chi connectivity index (χ1n) is 11.1. The van der Waals surface area contributed by atoms with Crippen LogP contribution < -0.4 is 15.0 Å². The van der Waals surface area contributed by atoms with Gasteiger partial charge in [0.25, 0.3) is 15.9 Å². The first-order valence-corrected chi connectivity index (χ1v) is 14.2. The molecule has 3 rings (SSSR count). The lowest BCUT2D eigenvalue weighted by molar-refractivity contribution is -0.137. The van der Waals surface area contributed by atoms with E-state index in [4.69, 9.17) is 4.74 Å². The zero-order valence-electron chi connectivity index (χ0n) is 20.7. The number of hydrogen-bond donors (Lipinski definition) is 2. The molecule has 1 aromatic carbocycles. The third kappa shape index (κ3) is 7.60. The van der Waals surface area contributed by atoms with Crippen LogP contribution in [0.25, 0.3) is 11.4 Å². The number of aromatic nitrogens is 2. The second-order valence-electron chi connectivity index (χ2n) is 8.41. The van der Waals surface area contributed by atoms with E-state index >= 15 is 0 Å². The molecule has 2 heterocycles. The molecule has 0 aliphatic heterocycles. The molecule has 2 N–H and O–H groups in total. The summed E-state index contributed by atoms with van der Waals surface area (Å²) in [6, 6.07) is 8.04. The highest BCUT2D eigenvalue weighted by atomic mass is 32.2. The number of ether oxygens (including phenoxy) is 1. The Kier molecular flexibility index (Phi) is 8.52. The Morgan fingerprint density at radius 1 is 0.974 bits per heavy atom. The summed E-state index contributed by atoms with van der Waals surface area (Å²) in [5, 5.41) is 0. The molecule has 0 aliphatic carbocycles. The molecule has 0 fully saturated rings. The standard InChI is InChI=1S/C23H23F5N4O5S2/c1-4-38(33,34)19-11-17(23(26,27)28)21(31-32-39(35,36)16-8-5-14(2)6-9-16)30-20(19)18-10-7-15(12-29-18)37-13-22(3,24)25/h5-12,32H,4,13H2,1-3H3,(H,30,31). The van der Waals surface area contributed by atoms with E-state index in [-0.39, 0.29) is 16.3 Å². The lowest BCUT2D eigenvalue weighted by atomic mass is 10.2. The summed E-state index contributed by atoms with van der Waals surface area (Å²) >= 11 is 0. The quantitative estimate of drug-likeness (QED) is 0.258. The van der Waals surface area contributed by atoms with Gasteiger partial charge in [-0.05, 0) is 37.3 Å². The van der Waals surface area contributed by atoms with Crippen molar-refractivity contribution in [3.05, 3.63) is 59.8 Å². The van der Waals surface area contributed by atoms with Crippen molar-refractivity contribution < 1.29 is 43.5 Å². The summed E-state index contributed by atoms with van der Waals surface area (Å²) in [7, 11) is -8.67. The van der Waals surface area contributed by atoms with Gasteiger partial charge in [-0.3, -0.25) is 10.4 Å². The zero-order valence-corrected chi connectivity index (χ0v) is 22.3. The summed E-state index contributed by atoms with van der Waals surface area (Å²) in [6.45, 7) is 2.58. The number of anilines is 1. The van der Waals surface area contributed by atoms with Crippen LogP contribution in [-0.4, -0.2) is 45.1 Å². The Morgan fingerprint density at radius 3 is 2.13 bits per heavy atom. The van der Waals surface area contributed by atoms with Gasteiger partial charge in [0.1, 0.15) is 17.0 Å². The number of nitrogens with one attached hydrogen (secondary N) is 2. The van der Waals surface area contributed by atoms with Gasteiger partial charge in [0.15, 0.2) is 22.3 Å². The predicted molar refractivity (Wildman–Crippen MR) is 131 cm³/mol. The minimum atomic E-state index is -5.14. The van der Waals surface area contributed by atoms with Crippen molar-refractivity contribution in [3.8, 4) is 17.1 Å². The fraction of sp³-hybridized carbons (Fsp3) is 0.304. The van der Waals surface area contributed by atoms with Crippen LogP contribution >= 0.6 is 0 Å². The SMILES string of the molecule is CCS(=O)(=O)c1cc(C(F)(F)F)c(NNS(=O)(=O)c2ccc(C)cc2)nc1-c1ccc(OCC(C)(F)F)cn1. The van der Waals surface area contributed by atoms with Crippen LogP contribution in [0.2, 0.25) is 0 Å². The third-order valence-electron chi connectivity index (χ3n) is 5.11. The predicted octanol–water partition coefficient (Wildman–Crippen LogP) is 4.60. The largest absolute Gasteiger partial charge is 0.486 e. The number of aryl methyl sites for hydroxylation is 1. The van der Waals surface area contributed by atoms with E-state index in [1.54, 1.807) is 6.92 Å². The Bertz CT molecular complexity index is 1540. The molecule has 0 unspecified atom stereocenters. The van der Waals surface area contributed by atoms with Gasteiger partial charge in [0.2, 0.25) is 0 Å². The average Bonchev–Trinajstić information content (AvgIpc) is 2.85. The second kappa shape index (κ2) is 11.0. The minimum Gasteiger partial charge on any atom is -0.486 e. The van der Waals surface area contributed by atoms with Crippen LogP contribution in [-0.2, 0) is 26.0 Å². The maximum absolute atomic E-state index is 13.9. The number of halogens is 5. The number of alkyl halides is 5. The third-order valence-corrected chi connectivity index (χ3v) is 8.12. The van der Waals surface area contributed by atoms with Crippen molar-refractivity contribution in [2.24, 2.45) is 0 Å². The Balaban J connectivity index is 2.10. The molecule has 39 heavy (non-hydrogen) atoms. The highest BCUT2D eigenvalue weighted by Crippen LogP contribution is 2.38. The van der Waals surface area contributed by atoms with Gasteiger partial charge in [-0.15, -0.1) is 4.83 Å². The second-order valence-corrected chi connectivity index (χ2v) is 12.3. The zero-order chi connectivity index (χ0) is 29.2. The van der Waals surface area contributed by atoms with Crippen molar-refractivity contribution in [3.63, 3.8) is 0 Å². The lowest BCUT2D eigenvalue weighted by Gasteiger charge is -2.18. The molecule has 212 valence electrons. The van der Waals surface area contributed by atoms with Crippen molar-refractivity contribution in [2.75, 3.05) is 17.8 Å². The molecule has 16 heteroatoms. The molecule has 0 radical (unpaired) electrons. The monoisotopic (exact) mass is 594 g/mol. The van der Waals surface area contributed by atoms with Crippen LogP contribution in [0, 0.1) is 6.92 Å². The Labute approximate surface area is 221 Å². The number of rotatable bonds is 10. The normalized spacial score (nSPS) is 12.8. The smallest absolute Gasteiger partial charge is 0.420 e. The Morgan fingerprint density at radius 2 is 1.62 bits per heavy atom. The average molecular weight is 595 g/mol. The van der Waals surface area contributed by atoms with Crippen molar-refractivity contribution in [1.29, 1.82) is 0 Å². The number of sulfonamides is 1. The van der Waals surface area contributed by atoms with E-state index in [2.05, 4.69) is 9.97 Å². The van der Waals surface area contributed by atoms with Crippen LogP contribution in [0.5, 0.6) is 5.75 Å². The first-order chi connectivity index (χ1) is 17.9. The first kappa shape index (κ1) is 30.2. The molecule has 0 spiro atoms. The molecular weight excluding hydrogens is 571 g/mol. The molecule has 0 saturated carbocycles. The van der Waals surface area contributed by atoms with E-state index in [0.29, 0.717) is 13.0 Å². The Hall–Kier alpha value is -3.37. The highest BCUT2D eigenvalue weighted by molar-refractivity contribution is 7.91. The van der Waals surface area contributed by atoms with Crippen LogP contribution in [0.3, 0.4) is 0 Å². The number of sulfone groups is 1.